The molecule has 1 aliphatic heterocycles. The van der Waals surface area contributed by atoms with Gasteiger partial charge < -0.3 is 16.0 Å². The number of aliphatic imine (C=N–C) groups is 1. The molecular formula is C28H40F2N4. The first kappa shape index (κ1) is 26.3. The van der Waals surface area contributed by atoms with E-state index in [9.17, 15) is 8.78 Å². The van der Waals surface area contributed by atoms with Gasteiger partial charge in [-0.05, 0) is 87.2 Å². The second kappa shape index (κ2) is 11.9. The van der Waals surface area contributed by atoms with Crippen LogP contribution in [0.1, 0.15) is 88.0 Å². The molecule has 0 aromatic heterocycles. The number of halogens is 2. The summed E-state index contributed by atoms with van der Waals surface area (Å²) in [6.45, 7) is 9.96. The van der Waals surface area contributed by atoms with Crippen LogP contribution in [0.4, 0.5) is 8.78 Å². The Balaban J connectivity index is 2.08. The van der Waals surface area contributed by atoms with E-state index >= 15 is 0 Å². The molecule has 0 fully saturated rings. The Kier molecular flexibility index (Phi) is 9.17. The first-order valence-electron chi connectivity index (χ1n) is 12.6. The van der Waals surface area contributed by atoms with Crippen molar-refractivity contribution in [2.75, 3.05) is 20.1 Å². The van der Waals surface area contributed by atoms with Crippen LogP contribution in [0.5, 0.6) is 0 Å². The van der Waals surface area contributed by atoms with Crippen molar-refractivity contribution in [3.63, 3.8) is 0 Å². The summed E-state index contributed by atoms with van der Waals surface area (Å²) >= 11 is 0. The second-order valence-corrected chi connectivity index (χ2v) is 9.99. The summed E-state index contributed by atoms with van der Waals surface area (Å²) in [6, 6.07) is 3.87. The Morgan fingerprint density at radius 2 is 2.00 bits per heavy atom. The van der Waals surface area contributed by atoms with Crippen LogP contribution in [0.3, 0.4) is 0 Å². The maximum Gasteiger partial charge on any atom is 0.264 e. The first-order valence-corrected chi connectivity index (χ1v) is 12.6. The van der Waals surface area contributed by atoms with Crippen molar-refractivity contribution < 1.29 is 8.78 Å². The van der Waals surface area contributed by atoms with E-state index in [2.05, 4.69) is 29.5 Å². The van der Waals surface area contributed by atoms with E-state index < -0.39 is 6.43 Å². The first-order chi connectivity index (χ1) is 16.2. The van der Waals surface area contributed by atoms with Crippen LogP contribution in [0, 0.1) is 11.3 Å². The van der Waals surface area contributed by atoms with Gasteiger partial charge in [-0.25, -0.2) is 8.78 Å². The maximum absolute atomic E-state index is 14.4. The van der Waals surface area contributed by atoms with Crippen molar-refractivity contribution in [3.05, 3.63) is 51.7 Å². The normalized spacial score (nSPS) is 22.2. The van der Waals surface area contributed by atoms with Gasteiger partial charge in [0.15, 0.2) is 0 Å². The molecule has 0 saturated heterocycles. The Hall–Kier alpha value is -2.34. The minimum Gasteiger partial charge on any atom is -0.388 e. The Labute approximate surface area is 203 Å². The average molecular weight is 471 g/mol. The number of alkyl halides is 2. The number of fused-ring (bicyclic) bond motifs is 1. The topological polar surface area (TPSA) is 60.3 Å². The van der Waals surface area contributed by atoms with Crippen LogP contribution in [0.2, 0.25) is 0 Å². The molecule has 3 rings (SSSR count). The van der Waals surface area contributed by atoms with Gasteiger partial charge in [-0.2, -0.15) is 0 Å². The number of aryl methyl sites for hydroxylation is 1. The van der Waals surface area contributed by atoms with Crippen LogP contribution >= 0.6 is 0 Å². The summed E-state index contributed by atoms with van der Waals surface area (Å²) in [5.41, 5.74) is 6.44. The van der Waals surface area contributed by atoms with Crippen LogP contribution in [0.25, 0.3) is 5.57 Å². The highest BCUT2D eigenvalue weighted by atomic mass is 19.3. The molecule has 4 nitrogen and oxygen atoms in total. The number of hydrogen-bond acceptors (Lipinski definition) is 4. The van der Waals surface area contributed by atoms with E-state index in [1.807, 2.05) is 19.9 Å². The van der Waals surface area contributed by atoms with E-state index in [1.54, 1.807) is 25.5 Å². The third kappa shape index (κ3) is 6.01. The molecule has 6 heteroatoms. The number of nitrogens with zero attached hydrogens (tertiary/aromatic N) is 1. The van der Waals surface area contributed by atoms with Gasteiger partial charge in [0.1, 0.15) is 0 Å². The van der Waals surface area contributed by atoms with Crippen molar-refractivity contribution >= 4 is 17.5 Å². The summed E-state index contributed by atoms with van der Waals surface area (Å²) in [6.07, 6.45) is 5.65. The van der Waals surface area contributed by atoms with Gasteiger partial charge in [0.2, 0.25) is 0 Å². The second-order valence-electron chi connectivity index (χ2n) is 9.99. The summed E-state index contributed by atoms with van der Waals surface area (Å²) in [5.74, 6) is 0.0488. The number of benzene rings is 1. The number of allylic oxidation sites excluding steroid dienone is 1. The number of rotatable bonds is 7. The number of nitrogens with one attached hydrogen (secondary N) is 3. The van der Waals surface area contributed by atoms with Crippen LogP contribution in [0.15, 0.2) is 34.5 Å². The molecule has 2 aliphatic rings. The average Bonchev–Trinajstić information content (AvgIpc) is 2.79. The molecule has 1 aliphatic carbocycles. The van der Waals surface area contributed by atoms with Crippen molar-refractivity contribution in [2.45, 2.75) is 78.2 Å². The van der Waals surface area contributed by atoms with Gasteiger partial charge in [-0.1, -0.05) is 25.0 Å². The summed E-state index contributed by atoms with van der Waals surface area (Å²) in [4.78, 5) is 4.13. The molecule has 1 aromatic carbocycles. The highest BCUT2D eigenvalue weighted by Crippen LogP contribution is 2.40. The van der Waals surface area contributed by atoms with Crippen molar-refractivity contribution in [2.24, 2.45) is 10.9 Å². The molecule has 1 heterocycles. The van der Waals surface area contributed by atoms with Gasteiger partial charge in [-0.15, -0.1) is 0 Å². The fourth-order valence-corrected chi connectivity index (χ4v) is 5.21. The molecule has 34 heavy (non-hydrogen) atoms. The van der Waals surface area contributed by atoms with Gasteiger partial charge in [0, 0.05) is 54.8 Å². The van der Waals surface area contributed by atoms with E-state index in [4.69, 9.17) is 5.41 Å². The number of hydrogen-bond donors (Lipinski definition) is 3. The van der Waals surface area contributed by atoms with E-state index in [0.29, 0.717) is 16.8 Å². The predicted molar refractivity (Wildman–Crippen MR) is 139 cm³/mol. The van der Waals surface area contributed by atoms with E-state index in [-0.39, 0.29) is 23.4 Å². The van der Waals surface area contributed by atoms with Crippen LogP contribution in [-0.2, 0) is 6.42 Å². The lowest BCUT2D eigenvalue weighted by molar-refractivity contribution is 0.151. The zero-order valence-electron chi connectivity index (χ0n) is 21.3. The monoisotopic (exact) mass is 470 g/mol. The van der Waals surface area contributed by atoms with Gasteiger partial charge >= 0.3 is 0 Å². The molecule has 0 spiro atoms. The fourth-order valence-electron chi connectivity index (χ4n) is 5.21. The van der Waals surface area contributed by atoms with Crippen molar-refractivity contribution in [3.8, 4) is 0 Å². The summed E-state index contributed by atoms with van der Waals surface area (Å²) < 4.78 is 28.7. The Morgan fingerprint density at radius 1 is 1.24 bits per heavy atom. The largest absolute Gasteiger partial charge is 0.388 e. The van der Waals surface area contributed by atoms with E-state index in [1.165, 1.54) is 5.57 Å². The fraction of sp³-hybridized carbons (Fsp3) is 0.571. The van der Waals surface area contributed by atoms with Crippen molar-refractivity contribution in [1.82, 2.24) is 10.6 Å². The highest BCUT2D eigenvalue weighted by Gasteiger charge is 2.31. The van der Waals surface area contributed by atoms with Gasteiger partial charge in [-0.3, -0.25) is 4.99 Å². The van der Waals surface area contributed by atoms with Gasteiger partial charge in [0.05, 0.1) is 0 Å². The molecular weight excluding hydrogens is 430 g/mol. The molecule has 0 radical (unpaired) electrons. The molecule has 2 atom stereocenters. The quantitative estimate of drug-likeness (QED) is 0.402. The molecule has 0 saturated carbocycles. The predicted octanol–water partition coefficient (Wildman–Crippen LogP) is 6.44. The third-order valence-corrected chi connectivity index (χ3v) is 7.19. The van der Waals surface area contributed by atoms with Crippen LogP contribution in [-0.4, -0.2) is 38.1 Å². The van der Waals surface area contributed by atoms with Crippen molar-refractivity contribution in [1.29, 1.82) is 5.41 Å². The molecule has 0 amide bonds. The van der Waals surface area contributed by atoms with E-state index in [0.717, 1.165) is 61.9 Å². The minimum absolute atomic E-state index is 0.0117. The molecule has 186 valence electrons. The molecule has 3 N–H and O–H groups in total. The summed E-state index contributed by atoms with van der Waals surface area (Å²) in [7, 11) is 1.66. The standard InChI is InChI=1S/C28H40F2N4/c1-17(2)34-15-21(14-32-5)24-12-20-8-6-7-9-22(19(4)23(20)13-25(24)28(29)30)27(31)26-16-33-11-10-18(26)3/h12-15,17,19,22,28,31,33-34H,6-11,16H2,1-5H3/b21-15+,31-27?,32-14?. The zero-order chi connectivity index (χ0) is 24.8. The van der Waals surface area contributed by atoms with Crippen LogP contribution < -0.4 is 10.6 Å². The lowest BCUT2D eigenvalue weighted by atomic mass is 9.73. The molecule has 0 bridgehead atoms. The minimum atomic E-state index is -2.59. The zero-order valence-corrected chi connectivity index (χ0v) is 21.3. The van der Waals surface area contributed by atoms with Gasteiger partial charge in [0.25, 0.3) is 6.43 Å². The smallest absolute Gasteiger partial charge is 0.264 e. The Bertz CT molecular complexity index is 975. The SMILES string of the molecule is CN=C/C(=C\NC(C)C)c1cc2c(cc1C(F)F)C(C)C(C(=N)C1=C(C)CCNC1)CCCC2. The molecule has 2 unspecified atom stereocenters. The lowest BCUT2D eigenvalue weighted by Gasteiger charge is -2.32. The maximum atomic E-state index is 14.4. The molecule has 1 aromatic rings. The Morgan fingerprint density at radius 3 is 2.65 bits per heavy atom. The lowest BCUT2D eigenvalue weighted by Crippen LogP contribution is -2.33. The highest BCUT2D eigenvalue weighted by molar-refractivity contribution is 6.10. The summed E-state index contributed by atoms with van der Waals surface area (Å²) in [5, 5.41) is 15.7. The third-order valence-electron chi connectivity index (χ3n) is 7.19.